The van der Waals surface area contributed by atoms with Gasteiger partial charge in [0.25, 0.3) is 0 Å². The Morgan fingerprint density at radius 3 is 3.12 bits per heavy atom. The molecule has 1 N–H and O–H groups in total. The second kappa shape index (κ2) is 5.80. The second-order valence-corrected chi connectivity index (χ2v) is 5.65. The maximum absolute atomic E-state index is 3.56. The maximum Gasteiger partial charge on any atom is 0.0166 e. The smallest absolute Gasteiger partial charge is 0.0166 e. The number of rotatable bonds is 3. The topological polar surface area (TPSA) is 15.3 Å². The molecule has 1 aliphatic rings. The van der Waals surface area contributed by atoms with E-state index in [1.54, 1.807) is 11.3 Å². The first-order valence-electron chi connectivity index (χ1n) is 6.24. The molecule has 2 unspecified atom stereocenters. The van der Waals surface area contributed by atoms with Crippen molar-refractivity contribution < 1.29 is 0 Å². The fraction of sp³-hybridized carbons (Fsp3) is 0.692. The van der Waals surface area contributed by atoms with E-state index in [1.807, 2.05) is 0 Å². The molecule has 2 nitrogen and oxygen atoms in total. The lowest BCUT2D eigenvalue weighted by Crippen LogP contribution is -2.39. The van der Waals surface area contributed by atoms with Crippen molar-refractivity contribution in [2.24, 2.45) is 0 Å². The standard InChI is InChI=1S/C13H22N2S/c1-11-9-15(12(2)3-6-14-11)7-4-13-5-8-16-10-13/h5,8,10-12,14H,3-4,6-7,9H2,1-2H3. The Morgan fingerprint density at radius 2 is 2.38 bits per heavy atom. The second-order valence-electron chi connectivity index (χ2n) is 4.87. The lowest BCUT2D eigenvalue weighted by Gasteiger charge is -2.27. The van der Waals surface area contributed by atoms with Crippen LogP contribution < -0.4 is 5.32 Å². The van der Waals surface area contributed by atoms with E-state index in [2.05, 4.69) is 40.9 Å². The van der Waals surface area contributed by atoms with Crippen LogP contribution in [0.15, 0.2) is 16.8 Å². The molecule has 0 spiro atoms. The molecule has 0 aliphatic carbocycles. The van der Waals surface area contributed by atoms with E-state index in [4.69, 9.17) is 0 Å². The lowest BCUT2D eigenvalue weighted by molar-refractivity contribution is 0.210. The third-order valence-corrected chi connectivity index (χ3v) is 4.19. The molecule has 1 fully saturated rings. The van der Waals surface area contributed by atoms with E-state index in [1.165, 1.54) is 31.5 Å². The molecular formula is C13H22N2S. The summed E-state index contributed by atoms with van der Waals surface area (Å²) < 4.78 is 0. The molecule has 0 aromatic carbocycles. The number of hydrogen-bond acceptors (Lipinski definition) is 3. The largest absolute Gasteiger partial charge is 0.313 e. The van der Waals surface area contributed by atoms with Crippen molar-refractivity contribution in [3.8, 4) is 0 Å². The molecule has 2 rings (SSSR count). The molecule has 1 aliphatic heterocycles. The average Bonchev–Trinajstić information content (AvgIpc) is 2.71. The summed E-state index contributed by atoms with van der Waals surface area (Å²) in [5.41, 5.74) is 1.49. The van der Waals surface area contributed by atoms with Crippen molar-refractivity contribution in [1.82, 2.24) is 10.2 Å². The molecule has 16 heavy (non-hydrogen) atoms. The van der Waals surface area contributed by atoms with Gasteiger partial charge in [-0.25, -0.2) is 0 Å². The first-order valence-corrected chi connectivity index (χ1v) is 7.18. The van der Waals surface area contributed by atoms with Gasteiger partial charge in [-0.3, -0.25) is 4.90 Å². The van der Waals surface area contributed by atoms with Gasteiger partial charge in [0.05, 0.1) is 0 Å². The molecule has 0 radical (unpaired) electrons. The minimum atomic E-state index is 0.632. The molecule has 0 saturated carbocycles. The van der Waals surface area contributed by atoms with Gasteiger partial charge < -0.3 is 5.32 Å². The molecule has 1 saturated heterocycles. The fourth-order valence-electron chi connectivity index (χ4n) is 2.34. The Kier molecular flexibility index (Phi) is 4.38. The van der Waals surface area contributed by atoms with Crippen LogP contribution in [0.3, 0.4) is 0 Å². The fourth-order valence-corrected chi connectivity index (χ4v) is 3.04. The average molecular weight is 238 g/mol. The minimum absolute atomic E-state index is 0.632. The molecular weight excluding hydrogens is 216 g/mol. The van der Waals surface area contributed by atoms with Crippen LogP contribution in [0.5, 0.6) is 0 Å². The highest BCUT2D eigenvalue weighted by atomic mass is 32.1. The van der Waals surface area contributed by atoms with Crippen LogP contribution in [0, 0.1) is 0 Å². The SMILES string of the molecule is CC1CN(CCc2ccsc2)C(C)CCN1. The predicted octanol–water partition coefficient (Wildman–Crippen LogP) is 2.36. The van der Waals surface area contributed by atoms with Gasteiger partial charge in [0.1, 0.15) is 0 Å². The van der Waals surface area contributed by atoms with Crippen LogP contribution >= 0.6 is 11.3 Å². The summed E-state index contributed by atoms with van der Waals surface area (Å²) in [6.07, 6.45) is 2.47. The maximum atomic E-state index is 3.56. The molecule has 1 aromatic heterocycles. The Hall–Kier alpha value is -0.380. The summed E-state index contributed by atoms with van der Waals surface area (Å²) in [6, 6.07) is 3.60. The highest BCUT2D eigenvalue weighted by Crippen LogP contribution is 2.12. The molecule has 3 heteroatoms. The lowest BCUT2D eigenvalue weighted by atomic mass is 10.1. The van der Waals surface area contributed by atoms with E-state index in [0.29, 0.717) is 6.04 Å². The highest BCUT2D eigenvalue weighted by molar-refractivity contribution is 7.07. The van der Waals surface area contributed by atoms with Crippen LogP contribution in [0.4, 0.5) is 0 Å². The summed E-state index contributed by atoms with van der Waals surface area (Å²) >= 11 is 1.80. The van der Waals surface area contributed by atoms with Gasteiger partial charge in [-0.1, -0.05) is 0 Å². The number of thiophene rings is 1. The normalized spacial score (nSPS) is 27.9. The Morgan fingerprint density at radius 1 is 1.50 bits per heavy atom. The first-order chi connectivity index (χ1) is 7.75. The molecule has 0 bridgehead atoms. The van der Waals surface area contributed by atoms with Gasteiger partial charge in [-0.05, 0) is 55.6 Å². The van der Waals surface area contributed by atoms with Crippen LogP contribution in [-0.4, -0.2) is 36.6 Å². The number of hydrogen-bond donors (Lipinski definition) is 1. The van der Waals surface area contributed by atoms with Crippen LogP contribution in [0.1, 0.15) is 25.8 Å². The van der Waals surface area contributed by atoms with Crippen molar-refractivity contribution in [3.63, 3.8) is 0 Å². The van der Waals surface area contributed by atoms with Gasteiger partial charge >= 0.3 is 0 Å². The van der Waals surface area contributed by atoms with E-state index in [-0.39, 0.29) is 0 Å². The monoisotopic (exact) mass is 238 g/mol. The number of nitrogens with zero attached hydrogens (tertiary/aromatic N) is 1. The van der Waals surface area contributed by atoms with E-state index in [9.17, 15) is 0 Å². The molecule has 2 atom stereocenters. The molecule has 1 aromatic rings. The summed E-state index contributed by atoms with van der Waals surface area (Å²) in [7, 11) is 0. The molecule has 2 heterocycles. The molecule has 90 valence electrons. The zero-order valence-corrected chi connectivity index (χ0v) is 11.1. The minimum Gasteiger partial charge on any atom is -0.313 e. The number of nitrogens with one attached hydrogen (secondary N) is 1. The van der Waals surface area contributed by atoms with Crippen molar-refractivity contribution in [1.29, 1.82) is 0 Å². The summed E-state index contributed by atoms with van der Waals surface area (Å²) in [4.78, 5) is 2.63. The van der Waals surface area contributed by atoms with Crippen LogP contribution in [0.2, 0.25) is 0 Å². The third kappa shape index (κ3) is 3.30. The van der Waals surface area contributed by atoms with Crippen molar-refractivity contribution in [2.75, 3.05) is 19.6 Å². The van der Waals surface area contributed by atoms with Crippen molar-refractivity contribution in [2.45, 2.75) is 38.8 Å². The Bertz CT molecular complexity index is 297. The van der Waals surface area contributed by atoms with E-state index < -0.39 is 0 Å². The van der Waals surface area contributed by atoms with Crippen LogP contribution in [-0.2, 0) is 6.42 Å². The summed E-state index contributed by atoms with van der Waals surface area (Å²) in [5, 5.41) is 8.00. The summed E-state index contributed by atoms with van der Waals surface area (Å²) in [5.74, 6) is 0. The van der Waals surface area contributed by atoms with Crippen LogP contribution in [0.25, 0.3) is 0 Å². The first kappa shape index (κ1) is 12.1. The summed E-state index contributed by atoms with van der Waals surface area (Å²) in [6.45, 7) is 8.19. The van der Waals surface area contributed by atoms with Gasteiger partial charge in [0, 0.05) is 25.2 Å². The highest BCUT2D eigenvalue weighted by Gasteiger charge is 2.19. The van der Waals surface area contributed by atoms with Gasteiger partial charge in [0.15, 0.2) is 0 Å². The predicted molar refractivity (Wildman–Crippen MR) is 71.1 cm³/mol. The zero-order valence-electron chi connectivity index (χ0n) is 10.3. The Balaban J connectivity index is 1.86. The quantitative estimate of drug-likeness (QED) is 0.869. The van der Waals surface area contributed by atoms with Crippen molar-refractivity contribution in [3.05, 3.63) is 22.4 Å². The van der Waals surface area contributed by atoms with E-state index >= 15 is 0 Å². The van der Waals surface area contributed by atoms with Gasteiger partial charge in [0.2, 0.25) is 0 Å². The van der Waals surface area contributed by atoms with E-state index in [0.717, 1.165) is 12.6 Å². The third-order valence-electron chi connectivity index (χ3n) is 3.45. The van der Waals surface area contributed by atoms with Gasteiger partial charge in [-0.2, -0.15) is 11.3 Å². The zero-order chi connectivity index (χ0) is 11.4. The molecule has 0 amide bonds. The Labute approximate surface area is 103 Å². The van der Waals surface area contributed by atoms with Crippen molar-refractivity contribution >= 4 is 11.3 Å². The van der Waals surface area contributed by atoms with Gasteiger partial charge in [-0.15, -0.1) is 0 Å².